The summed E-state index contributed by atoms with van der Waals surface area (Å²) < 4.78 is 0. The number of anilines is 1. The molecule has 0 saturated carbocycles. The third kappa shape index (κ3) is 11.0. The smallest absolute Gasteiger partial charge is 0.258 e. The van der Waals surface area contributed by atoms with Crippen LogP contribution in [0.1, 0.15) is 94.8 Å². The van der Waals surface area contributed by atoms with Crippen molar-refractivity contribution in [1.82, 2.24) is 5.32 Å². The Labute approximate surface area is 238 Å². The zero-order chi connectivity index (χ0) is 28.5. The highest BCUT2D eigenvalue weighted by Gasteiger charge is 2.30. The molecule has 0 fully saturated rings. The topological polar surface area (TPSA) is 57.1 Å². The number of alkyl halides is 1. The first-order valence-electron chi connectivity index (χ1n) is 14.0. The maximum absolute atomic E-state index is 13.1. The van der Waals surface area contributed by atoms with Gasteiger partial charge >= 0.3 is 0 Å². The molecule has 3 rings (SSSR count). The first-order valence-corrected chi connectivity index (χ1v) is 15.0. The minimum atomic E-state index is 0.0844. The molecule has 1 amide bonds. The van der Waals surface area contributed by atoms with Crippen molar-refractivity contribution in [3.63, 3.8) is 0 Å². The fourth-order valence-electron chi connectivity index (χ4n) is 3.80. The van der Waals surface area contributed by atoms with E-state index < -0.39 is 0 Å². The third-order valence-corrected chi connectivity index (χ3v) is 7.14. The van der Waals surface area contributed by atoms with Gasteiger partial charge in [0.05, 0.1) is 6.54 Å². The summed E-state index contributed by atoms with van der Waals surface area (Å²) in [4.78, 5) is 15.0. The molecule has 1 N–H and O–H groups in total. The summed E-state index contributed by atoms with van der Waals surface area (Å²) in [5.41, 5.74) is 5.21. The van der Waals surface area contributed by atoms with Crippen LogP contribution < -0.4 is 15.5 Å². The van der Waals surface area contributed by atoms with Crippen LogP contribution in [0.2, 0.25) is 0 Å². The van der Waals surface area contributed by atoms with Crippen LogP contribution in [0.3, 0.4) is 0 Å². The maximum atomic E-state index is 13.1. The molecule has 0 spiro atoms. The van der Waals surface area contributed by atoms with Crippen LogP contribution in [0.4, 0.5) is 5.69 Å². The highest BCUT2D eigenvalue weighted by molar-refractivity contribution is 7.27. The van der Waals surface area contributed by atoms with Gasteiger partial charge in [-0.1, -0.05) is 59.7 Å². The van der Waals surface area contributed by atoms with E-state index >= 15 is 0 Å². The van der Waals surface area contributed by atoms with Crippen molar-refractivity contribution in [1.29, 1.82) is 0 Å². The number of nitrogens with zero attached hydrogens (tertiary/aromatic N) is 3. The van der Waals surface area contributed by atoms with E-state index in [2.05, 4.69) is 70.7 Å². The summed E-state index contributed by atoms with van der Waals surface area (Å²) in [5, 5.41) is 12.2. The SMILES string of the molecule is C/C=N\N=C/C(C)CC.CC.CCCNCc1cc(P)c2c(c1)C(=O)N(c1cccc(CC(Cl)CC)c1)C2. The molecule has 0 aliphatic carbocycles. The summed E-state index contributed by atoms with van der Waals surface area (Å²) in [6, 6.07) is 12.4. The van der Waals surface area contributed by atoms with Gasteiger partial charge in [-0.3, -0.25) is 4.79 Å². The molecule has 0 bridgehead atoms. The molecule has 210 valence electrons. The Morgan fingerprint density at radius 1 is 1.11 bits per heavy atom. The van der Waals surface area contributed by atoms with E-state index in [-0.39, 0.29) is 11.3 Å². The van der Waals surface area contributed by atoms with Crippen LogP contribution in [0, 0.1) is 5.92 Å². The van der Waals surface area contributed by atoms with E-state index in [9.17, 15) is 4.79 Å². The Hall–Kier alpha value is -2.07. The quantitative estimate of drug-likeness (QED) is 0.102. The standard InChI is InChI=1S/C22H28ClN2OP.C7H14N2.C2H6/c1-3-8-24-13-16-11-19-20(21(27)12-16)14-25(22(19)26)18-7-5-6-15(10-18)9-17(23)4-2;1-4-7(3)6-9-8-5-2;1-2/h5-7,10-12,17,24H,3-4,8-9,13-14,27H2,1-2H3;5-7H,4H2,1-3H3;1-2H3/b;8-5-,9-6-;. The normalized spacial score (nSPS) is 14.1. The van der Waals surface area contributed by atoms with Crippen molar-refractivity contribution in [2.24, 2.45) is 16.1 Å². The largest absolute Gasteiger partial charge is 0.313 e. The highest BCUT2D eigenvalue weighted by atomic mass is 35.5. The molecule has 5 nitrogen and oxygen atoms in total. The van der Waals surface area contributed by atoms with E-state index in [4.69, 9.17) is 11.6 Å². The predicted molar refractivity (Wildman–Crippen MR) is 172 cm³/mol. The molecule has 2 aromatic rings. The van der Waals surface area contributed by atoms with Gasteiger partial charge in [0.15, 0.2) is 0 Å². The predicted octanol–water partition coefficient (Wildman–Crippen LogP) is 7.54. The number of nitrogens with one attached hydrogen (secondary N) is 1. The summed E-state index contributed by atoms with van der Waals surface area (Å²) in [5.74, 6) is 0.634. The minimum absolute atomic E-state index is 0.0844. The fraction of sp³-hybridized carbons (Fsp3) is 0.516. The first-order chi connectivity index (χ1) is 18.3. The monoisotopic (exact) mass is 558 g/mol. The van der Waals surface area contributed by atoms with Crippen molar-refractivity contribution >= 4 is 50.2 Å². The number of rotatable bonds is 11. The number of benzene rings is 2. The number of amides is 1. The molecule has 0 saturated heterocycles. The lowest BCUT2D eigenvalue weighted by molar-refractivity contribution is 0.0996. The Morgan fingerprint density at radius 2 is 1.84 bits per heavy atom. The maximum Gasteiger partial charge on any atom is 0.258 e. The summed E-state index contributed by atoms with van der Waals surface area (Å²) in [7, 11) is 2.80. The Balaban J connectivity index is 0.000000559. The van der Waals surface area contributed by atoms with Crippen LogP contribution in [0.15, 0.2) is 46.6 Å². The molecular formula is C31H48ClN4OP. The molecule has 0 aromatic heterocycles. The van der Waals surface area contributed by atoms with Gasteiger partial charge in [-0.15, -0.1) is 20.8 Å². The van der Waals surface area contributed by atoms with Gasteiger partial charge in [0.1, 0.15) is 0 Å². The van der Waals surface area contributed by atoms with Crippen molar-refractivity contribution in [2.45, 2.75) is 92.6 Å². The number of carbonyl (C=O) groups excluding carboxylic acids is 1. The van der Waals surface area contributed by atoms with E-state index in [1.807, 2.05) is 50.1 Å². The van der Waals surface area contributed by atoms with Crippen LogP contribution >= 0.6 is 20.8 Å². The van der Waals surface area contributed by atoms with Gasteiger partial charge in [0.2, 0.25) is 0 Å². The summed E-state index contributed by atoms with van der Waals surface area (Å²) >= 11 is 6.31. The second-order valence-electron chi connectivity index (χ2n) is 9.18. The molecular weight excluding hydrogens is 511 g/mol. The summed E-state index contributed by atoms with van der Waals surface area (Å²) in [6.45, 7) is 16.7. The molecule has 1 heterocycles. The molecule has 0 radical (unpaired) electrons. The van der Waals surface area contributed by atoms with Crippen molar-refractivity contribution in [3.05, 3.63) is 58.7 Å². The van der Waals surface area contributed by atoms with Gasteiger partial charge in [0, 0.05) is 35.6 Å². The van der Waals surface area contributed by atoms with E-state index in [0.29, 0.717) is 12.5 Å². The van der Waals surface area contributed by atoms with Gasteiger partial charge < -0.3 is 10.2 Å². The zero-order valence-electron chi connectivity index (χ0n) is 24.4. The Kier molecular flexibility index (Phi) is 17.0. The number of hydrogen-bond acceptors (Lipinski definition) is 4. The Bertz CT molecular complexity index is 1040. The van der Waals surface area contributed by atoms with Crippen molar-refractivity contribution < 1.29 is 4.79 Å². The van der Waals surface area contributed by atoms with Crippen molar-refractivity contribution in [2.75, 3.05) is 11.4 Å². The third-order valence-electron chi connectivity index (χ3n) is 6.16. The molecule has 3 unspecified atom stereocenters. The van der Waals surface area contributed by atoms with E-state index in [1.54, 1.807) is 6.21 Å². The van der Waals surface area contributed by atoms with Crippen molar-refractivity contribution in [3.8, 4) is 0 Å². The van der Waals surface area contributed by atoms with Gasteiger partial charge in [-0.2, -0.15) is 10.2 Å². The minimum Gasteiger partial charge on any atom is -0.313 e. The molecule has 38 heavy (non-hydrogen) atoms. The number of halogens is 1. The van der Waals surface area contributed by atoms with E-state index in [1.165, 1.54) is 5.56 Å². The summed E-state index contributed by atoms with van der Waals surface area (Å²) in [6.07, 6.45) is 7.53. The number of hydrogen-bond donors (Lipinski definition) is 1. The average molecular weight is 559 g/mol. The average Bonchev–Trinajstić information content (AvgIpc) is 3.27. The van der Waals surface area contributed by atoms with E-state index in [0.717, 1.165) is 66.5 Å². The molecule has 7 heteroatoms. The van der Waals surface area contributed by atoms with Gasteiger partial charge in [-0.25, -0.2) is 0 Å². The van der Waals surface area contributed by atoms with Crippen LogP contribution in [-0.2, 0) is 19.5 Å². The van der Waals surface area contributed by atoms with Crippen LogP contribution in [-0.4, -0.2) is 30.3 Å². The van der Waals surface area contributed by atoms with Crippen LogP contribution in [0.5, 0.6) is 0 Å². The Morgan fingerprint density at radius 3 is 2.47 bits per heavy atom. The molecule has 1 aliphatic heterocycles. The molecule has 3 atom stereocenters. The lowest BCUT2D eigenvalue weighted by Crippen LogP contribution is -2.23. The highest BCUT2D eigenvalue weighted by Crippen LogP contribution is 2.30. The number of carbonyl (C=O) groups is 1. The fourth-order valence-corrected chi connectivity index (χ4v) is 4.43. The molecule has 2 aromatic carbocycles. The second kappa shape index (κ2) is 19.1. The molecule has 1 aliphatic rings. The first kappa shape index (κ1) is 34.0. The second-order valence-corrected chi connectivity index (χ2v) is 10.4. The zero-order valence-corrected chi connectivity index (χ0v) is 26.3. The van der Waals surface area contributed by atoms with Gasteiger partial charge in [-0.05, 0) is 85.3 Å². The lowest BCUT2D eigenvalue weighted by atomic mass is 10.1. The van der Waals surface area contributed by atoms with Gasteiger partial charge in [0.25, 0.3) is 5.91 Å². The number of fused-ring (bicyclic) bond motifs is 1. The van der Waals surface area contributed by atoms with Crippen LogP contribution in [0.25, 0.3) is 0 Å². The lowest BCUT2D eigenvalue weighted by Gasteiger charge is -2.17.